The average molecular weight is 249 g/mol. The number of carbonyl (C=O) groups excluding carboxylic acids is 1. The largest absolute Gasteiger partial charge is 0.468 e. The molecular formula is C13H15NO2S. The maximum absolute atomic E-state index is 11.6. The Bertz CT molecular complexity index is 521. The Morgan fingerprint density at radius 1 is 1.47 bits per heavy atom. The van der Waals surface area contributed by atoms with Gasteiger partial charge in [0.15, 0.2) is 0 Å². The summed E-state index contributed by atoms with van der Waals surface area (Å²) in [5, 5.41) is 1.01. The van der Waals surface area contributed by atoms with Crippen LogP contribution < -0.4 is 0 Å². The summed E-state index contributed by atoms with van der Waals surface area (Å²) in [7, 11) is 1.43. The van der Waals surface area contributed by atoms with Crippen LogP contribution >= 0.6 is 11.8 Å². The van der Waals surface area contributed by atoms with E-state index >= 15 is 0 Å². The Hall–Kier alpha value is -1.42. The number of nitrogens with one attached hydrogen (secondary N) is 1. The van der Waals surface area contributed by atoms with E-state index in [4.69, 9.17) is 4.74 Å². The van der Waals surface area contributed by atoms with Crippen molar-refractivity contribution in [3.05, 3.63) is 30.5 Å². The molecule has 0 bridgehead atoms. The topological polar surface area (TPSA) is 42.1 Å². The first kappa shape index (κ1) is 12.0. The predicted molar refractivity (Wildman–Crippen MR) is 70.3 cm³/mol. The van der Waals surface area contributed by atoms with Gasteiger partial charge < -0.3 is 9.72 Å². The molecule has 0 fully saturated rings. The van der Waals surface area contributed by atoms with Crippen LogP contribution in [0.25, 0.3) is 10.9 Å². The number of thioether (sulfide) groups is 1. The Kier molecular flexibility index (Phi) is 3.74. The smallest absolute Gasteiger partial charge is 0.319 e. The monoisotopic (exact) mass is 249 g/mol. The van der Waals surface area contributed by atoms with Gasteiger partial charge in [0.2, 0.25) is 0 Å². The molecule has 3 nitrogen and oxygen atoms in total. The van der Waals surface area contributed by atoms with Gasteiger partial charge in [-0.2, -0.15) is 0 Å². The second-order valence-electron chi connectivity index (χ2n) is 3.74. The van der Waals surface area contributed by atoms with Crippen molar-refractivity contribution in [3.8, 4) is 0 Å². The number of esters is 1. The Morgan fingerprint density at radius 2 is 2.24 bits per heavy atom. The van der Waals surface area contributed by atoms with Crippen LogP contribution in [0.1, 0.15) is 13.3 Å². The summed E-state index contributed by atoms with van der Waals surface area (Å²) < 4.78 is 4.79. The number of hydrogen-bond acceptors (Lipinski definition) is 3. The highest BCUT2D eigenvalue weighted by Gasteiger charge is 2.19. The van der Waals surface area contributed by atoms with Crippen molar-refractivity contribution >= 4 is 28.6 Å². The van der Waals surface area contributed by atoms with Gasteiger partial charge in [0.25, 0.3) is 0 Å². The van der Waals surface area contributed by atoms with Crippen molar-refractivity contribution in [2.45, 2.75) is 23.5 Å². The minimum atomic E-state index is -0.164. The van der Waals surface area contributed by atoms with Crippen LogP contribution in [0, 0.1) is 0 Å². The minimum absolute atomic E-state index is 0.140. The van der Waals surface area contributed by atoms with Crippen LogP contribution in [0.15, 0.2) is 35.4 Å². The molecule has 0 aliphatic heterocycles. The van der Waals surface area contributed by atoms with Crippen molar-refractivity contribution < 1.29 is 9.53 Å². The third-order valence-electron chi connectivity index (χ3n) is 2.66. The second-order valence-corrected chi connectivity index (χ2v) is 4.98. The molecule has 1 unspecified atom stereocenters. The average Bonchev–Trinajstić information content (AvgIpc) is 2.78. The zero-order chi connectivity index (χ0) is 12.3. The zero-order valence-corrected chi connectivity index (χ0v) is 10.7. The van der Waals surface area contributed by atoms with Crippen molar-refractivity contribution in [2.24, 2.45) is 0 Å². The van der Waals surface area contributed by atoms with Gasteiger partial charge in [-0.05, 0) is 12.5 Å². The minimum Gasteiger partial charge on any atom is -0.468 e. The molecule has 1 aromatic carbocycles. The van der Waals surface area contributed by atoms with Crippen LogP contribution in [0.3, 0.4) is 0 Å². The van der Waals surface area contributed by atoms with E-state index in [1.807, 2.05) is 31.3 Å². The number of para-hydroxylation sites is 1. The van der Waals surface area contributed by atoms with Crippen LogP contribution in [0.5, 0.6) is 0 Å². The number of methoxy groups -OCH3 is 1. The van der Waals surface area contributed by atoms with Crippen LogP contribution in [0.2, 0.25) is 0 Å². The lowest BCUT2D eigenvalue weighted by Crippen LogP contribution is -2.17. The lowest BCUT2D eigenvalue weighted by atomic mass is 10.2. The van der Waals surface area contributed by atoms with Gasteiger partial charge in [-0.25, -0.2) is 0 Å². The lowest BCUT2D eigenvalue weighted by Gasteiger charge is -2.10. The molecule has 2 aromatic rings. The fraction of sp³-hybridized carbons (Fsp3) is 0.308. The molecule has 1 aromatic heterocycles. The summed E-state index contributed by atoms with van der Waals surface area (Å²) in [6.07, 6.45) is 2.71. The van der Waals surface area contributed by atoms with Crippen molar-refractivity contribution in [1.82, 2.24) is 4.98 Å². The molecule has 0 aliphatic carbocycles. The van der Waals surface area contributed by atoms with E-state index in [-0.39, 0.29) is 11.2 Å². The number of H-pyrrole nitrogens is 1. The van der Waals surface area contributed by atoms with Gasteiger partial charge in [-0.1, -0.05) is 25.1 Å². The first-order valence-corrected chi connectivity index (χ1v) is 6.44. The molecule has 1 atom stereocenters. The number of fused-ring (bicyclic) bond motifs is 1. The lowest BCUT2D eigenvalue weighted by molar-refractivity contribution is -0.140. The number of benzene rings is 1. The van der Waals surface area contributed by atoms with E-state index < -0.39 is 0 Å². The van der Waals surface area contributed by atoms with E-state index in [9.17, 15) is 4.79 Å². The number of hydrogen-bond donors (Lipinski definition) is 1. The highest BCUT2D eigenvalue weighted by molar-refractivity contribution is 8.00. The van der Waals surface area contributed by atoms with E-state index in [1.165, 1.54) is 7.11 Å². The summed E-state index contributed by atoms with van der Waals surface area (Å²) in [6, 6.07) is 8.07. The molecule has 1 N–H and O–H groups in total. The van der Waals surface area contributed by atoms with E-state index in [1.54, 1.807) is 11.8 Å². The van der Waals surface area contributed by atoms with E-state index in [2.05, 4.69) is 11.1 Å². The molecule has 0 aliphatic rings. The molecule has 0 saturated heterocycles. The Morgan fingerprint density at radius 3 is 2.94 bits per heavy atom. The standard InChI is InChI=1S/C13H15NO2S/c1-3-11(13(15)16-2)17-12-8-14-10-7-5-4-6-9(10)12/h4-8,11,14H,3H2,1-2H3. The Labute approximate surface area is 105 Å². The molecule has 0 amide bonds. The molecular weight excluding hydrogens is 234 g/mol. The van der Waals surface area contributed by atoms with E-state index in [0.717, 1.165) is 22.2 Å². The molecule has 0 spiro atoms. The van der Waals surface area contributed by atoms with Crippen LogP contribution in [-0.2, 0) is 9.53 Å². The highest BCUT2D eigenvalue weighted by atomic mass is 32.2. The number of aromatic amines is 1. The van der Waals surface area contributed by atoms with Gasteiger partial charge in [-0.3, -0.25) is 4.79 Å². The van der Waals surface area contributed by atoms with Gasteiger partial charge >= 0.3 is 5.97 Å². The van der Waals surface area contributed by atoms with Gasteiger partial charge in [0.1, 0.15) is 5.25 Å². The van der Waals surface area contributed by atoms with E-state index in [0.29, 0.717) is 0 Å². The van der Waals surface area contributed by atoms with Crippen LogP contribution in [-0.4, -0.2) is 23.3 Å². The molecule has 17 heavy (non-hydrogen) atoms. The van der Waals surface area contributed by atoms with Crippen LogP contribution in [0.4, 0.5) is 0 Å². The summed E-state index contributed by atoms with van der Waals surface area (Å²) in [5.74, 6) is -0.164. The normalized spacial score (nSPS) is 12.6. The summed E-state index contributed by atoms with van der Waals surface area (Å²) >= 11 is 1.55. The van der Waals surface area contributed by atoms with Crippen molar-refractivity contribution in [1.29, 1.82) is 0 Å². The maximum Gasteiger partial charge on any atom is 0.319 e. The quantitative estimate of drug-likeness (QED) is 0.668. The first-order valence-electron chi connectivity index (χ1n) is 5.57. The number of aromatic nitrogens is 1. The van der Waals surface area contributed by atoms with Crippen molar-refractivity contribution in [2.75, 3.05) is 7.11 Å². The molecule has 2 rings (SSSR count). The molecule has 0 radical (unpaired) electrons. The molecule has 90 valence electrons. The molecule has 1 heterocycles. The Balaban J connectivity index is 2.25. The summed E-state index contributed by atoms with van der Waals surface area (Å²) in [5.41, 5.74) is 1.09. The van der Waals surface area contributed by atoms with Crippen molar-refractivity contribution in [3.63, 3.8) is 0 Å². The van der Waals surface area contributed by atoms with Gasteiger partial charge in [-0.15, -0.1) is 11.8 Å². The predicted octanol–water partition coefficient (Wildman–Crippen LogP) is 3.21. The SMILES string of the molecule is CCC(Sc1c[nH]c2ccccc12)C(=O)OC. The fourth-order valence-corrected chi connectivity index (χ4v) is 2.82. The number of carbonyl (C=O) groups is 1. The number of rotatable bonds is 4. The summed E-state index contributed by atoms with van der Waals surface area (Å²) in [6.45, 7) is 1.99. The zero-order valence-electron chi connectivity index (χ0n) is 9.90. The second kappa shape index (κ2) is 5.27. The fourth-order valence-electron chi connectivity index (χ4n) is 1.73. The maximum atomic E-state index is 11.6. The number of ether oxygens (including phenoxy) is 1. The van der Waals surface area contributed by atoms with Gasteiger partial charge in [0.05, 0.1) is 7.11 Å². The third-order valence-corrected chi connectivity index (χ3v) is 4.06. The molecule has 4 heteroatoms. The third kappa shape index (κ3) is 2.47. The highest BCUT2D eigenvalue weighted by Crippen LogP contribution is 2.32. The summed E-state index contributed by atoms with van der Waals surface area (Å²) in [4.78, 5) is 15.8. The van der Waals surface area contributed by atoms with Gasteiger partial charge in [0, 0.05) is 22.0 Å². The first-order chi connectivity index (χ1) is 8.26. The molecule has 0 saturated carbocycles.